The molecule has 0 atom stereocenters. The fraction of sp³-hybridized carbons (Fsp3) is 0.200. The maximum Gasteiger partial charge on any atom is 0.138 e. The molecule has 2 heterocycles. The van der Waals surface area contributed by atoms with Crippen molar-refractivity contribution in [2.24, 2.45) is 0 Å². The van der Waals surface area contributed by atoms with Gasteiger partial charge in [0.15, 0.2) is 0 Å². The lowest BCUT2D eigenvalue weighted by molar-refractivity contribution is 0.627. The third-order valence-electron chi connectivity index (χ3n) is 3.34. The Kier molecular flexibility index (Phi) is 3.36. The van der Waals surface area contributed by atoms with Gasteiger partial charge >= 0.3 is 0 Å². The second-order valence-corrected chi connectivity index (χ2v) is 5.87. The van der Waals surface area contributed by atoms with Gasteiger partial charge in [-0.3, -0.25) is 0 Å². The molecule has 1 aromatic carbocycles. The third-order valence-corrected chi connectivity index (χ3v) is 4.45. The molecule has 0 aliphatic heterocycles. The number of aryl methyl sites for hydroxylation is 2. The zero-order valence-corrected chi connectivity index (χ0v) is 12.1. The van der Waals surface area contributed by atoms with Crippen LogP contribution in [0.1, 0.15) is 16.0 Å². The van der Waals surface area contributed by atoms with Crippen LogP contribution >= 0.6 is 11.3 Å². The highest BCUT2D eigenvalue weighted by atomic mass is 32.1. The Morgan fingerprint density at radius 1 is 1.15 bits per heavy atom. The Labute approximate surface area is 120 Å². The summed E-state index contributed by atoms with van der Waals surface area (Å²) in [5.41, 5.74) is 2.23. The molecule has 3 nitrogen and oxygen atoms in total. The van der Waals surface area contributed by atoms with Crippen LogP contribution in [0.3, 0.4) is 0 Å². The van der Waals surface area contributed by atoms with Crippen molar-refractivity contribution in [2.45, 2.75) is 20.4 Å². The second-order valence-electron chi connectivity index (χ2n) is 4.67. The minimum absolute atomic E-state index is 0.220. The van der Waals surface area contributed by atoms with Gasteiger partial charge in [-0.15, -0.1) is 11.3 Å². The number of benzene rings is 1. The van der Waals surface area contributed by atoms with E-state index in [4.69, 9.17) is 0 Å². The molecule has 2 aromatic heterocycles. The minimum Gasteiger partial charge on any atom is -0.365 e. The van der Waals surface area contributed by atoms with Crippen LogP contribution in [0.25, 0.3) is 10.2 Å². The molecule has 0 aliphatic carbocycles. The van der Waals surface area contributed by atoms with Crippen molar-refractivity contribution >= 4 is 27.4 Å². The fourth-order valence-electron chi connectivity index (χ4n) is 2.10. The topological polar surface area (TPSA) is 37.8 Å². The van der Waals surface area contributed by atoms with Crippen molar-refractivity contribution in [1.82, 2.24) is 9.97 Å². The van der Waals surface area contributed by atoms with E-state index >= 15 is 0 Å². The average molecular weight is 287 g/mol. The number of hydrogen-bond donors (Lipinski definition) is 1. The van der Waals surface area contributed by atoms with Crippen LogP contribution in [-0.2, 0) is 6.54 Å². The number of hydrogen-bond acceptors (Lipinski definition) is 4. The van der Waals surface area contributed by atoms with Crippen LogP contribution in [0, 0.1) is 19.7 Å². The summed E-state index contributed by atoms with van der Waals surface area (Å²) >= 11 is 1.68. The van der Waals surface area contributed by atoms with Gasteiger partial charge in [0.2, 0.25) is 0 Å². The maximum atomic E-state index is 12.9. The molecule has 0 aliphatic rings. The molecule has 0 saturated carbocycles. The highest BCUT2D eigenvalue weighted by molar-refractivity contribution is 7.18. The van der Waals surface area contributed by atoms with E-state index in [0.29, 0.717) is 6.54 Å². The first-order chi connectivity index (χ1) is 9.65. The number of rotatable bonds is 3. The lowest BCUT2D eigenvalue weighted by Gasteiger charge is -2.07. The van der Waals surface area contributed by atoms with E-state index in [9.17, 15) is 4.39 Å². The lowest BCUT2D eigenvalue weighted by Crippen LogP contribution is -2.02. The first-order valence-corrected chi connectivity index (χ1v) is 7.16. The predicted molar refractivity (Wildman–Crippen MR) is 80.6 cm³/mol. The van der Waals surface area contributed by atoms with Crippen molar-refractivity contribution in [3.63, 3.8) is 0 Å². The number of anilines is 1. The molecule has 0 radical (unpaired) electrons. The van der Waals surface area contributed by atoms with Crippen LogP contribution in [0.5, 0.6) is 0 Å². The van der Waals surface area contributed by atoms with Gasteiger partial charge in [0, 0.05) is 11.4 Å². The summed E-state index contributed by atoms with van der Waals surface area (Å²) < 4.78 is 12.9. The SMILES string of the molecule is Cc1sc2ncnc(NCc3ccc(F)cc3)c2c1C. The highest BCUT2D eigenvalue weighted by Crippen LogP contribution is 2.32. The van der Waals surface area contributed by atoms with Gasteiger partial charge in [-0.1, -0.05) is 12.1 Å². The zero-order chi connectivity index (χ0) is 14.1. The molecule has 0 amide bonds. The molecule has 0 unspecified atom stereocenters. The Bertz CT molecular complexity index is 750. The Morgan fingerprint density at radius 3 is 2.65 bits per heavy atom. The smallest absolute Gasteiger partial charge is 0.138 e. The van der Waals surface area contributed by atoms with Gasteiger partial charge in [0.05, 0.1) is 5.39 Å². The van der Waals surface area contributed by atoms with Crippen molar-refractivity contribution in [2.75, 3.05) is 5.32 Å². The zero-order valence-electron chi connectivity index (χ0n) is 11.3. The monoisotopic (exact) mass is 287 g/mol. The number of nitrogens with zero attached hydrogens (tertiary/aromatic N) is 2. The van der Waals surface area contributed by atoms with E-state index in [0.717, 1.165) is 21.6 Å². The minimum atomic E-state index is -0.220. The largest absolute Gasteiger partial charge is 0.365 e. The highest BCUT2D eigenvalue weighted by Gasteiger charge is 2.11. The quantitative estimate of drug-likeness (QED) is 0.789. The van der Waals surface area contributed by atoms with Crippen LogP contribution in [-0.4, -0.2) is 9.97 Å². The van der Waals surface area contributed by atoms with E-state index < -0.39 is 0 Å². The summed E-state index contributed by atoms with van der Waals surface area (Å²) in [6.45, 7) is 4.78. The van der Waals surface area contributed by atoms with Gasteiger partial charge < -0.3 is 5.32 Å². The van der Waals surface area contributed by atoms with Crippen molar-refractivity contribution in [3.05, 3.63) is 52.4 Å². The number of thiophene rings is 1. The molecule has 3 rings (SSSR count). The van der Waals surface area contributed by atoms with Crippen LogP contribution in [0.2, 0.25) is 0 Å². The summed E-state index contributed by atoms with van der Waals surface area (Å²) in [6.07, 6.45) is 1.57. The third kappa shape index (κ3) is 2.36. The molecule has 102 valence electrons. The maximum absolute atomic E-state index is 12.9. The normalized spacial score (nSPS) is 10.9. The van der Waals surface area contributed by atoms with Crippen LogP contribution < -0.4 is 5.32 Å². The Balaban J connectivity index is 1.89. The molecule has 3 aromatic rings. The fourth-order valence-corrected chi connectivity index (χ4v) is 3.10. The van der Waals surface area contributed by atoms with Gasteiger partial charge in [-0.05, 0) is 37.1 Å². The molecule has 0 spiro atoms. The van der Waals surface area contributed by atoms with Gasteiger partial charge in [0.1, 0.15) is 22.8 Å². The Morgan fingerprint density at radius 2 is 1.90 bits per heavy atom. The molecule has 5 heteroatoms. The van der Waals surface area contributed by atoms with Crippen LogP contribution in [0.15, 0.2) is 30.6 Å². The lowest BCUT2D eigenvalue weighted by atomic mass is 10.2. The summed E-state index contributed by atoms with van der Waals surface area (Å²) in [6, 6.07) is 6.47. The van der Waals surface area contributed by atoms with E-state index in [1.54, 1.807) is 29.8 Å². The molecule has 0 saturated heterocycles. The van der Waals surface area contributed by atoms with E-state index in [-0.39, 0.29) is 5.82 Å². The molecule has 1 N–H and O–H groups in total. The number of nitrogens with one attached hydrogen (secondary N) is 1. The number of aromatic nitrogens is 2. The van der Waals surface area contributed by atoms with Crippen molar-refractivity contribution < 1.29 is 4.39 Å². The summed E-state index contributed by atoms with van der Waals surface area (Å²) in [7, 11) is 0. The molecular weight excluding hydrogens is 273 g/mol. The number of fused-ring (bicyclic) bond motifs is 1. The van der Waals surface area contributed by atoms with Gasteiger partial charge in [0.25, 0.3) is 0 Å². The van der Waals surface area contributed by atoms with E-state index in [2.05, 4.69) is 29.1 Å². The summed E-state index contributed by atoms with van der Waals surface area (Å²) in [5.74, 6) is 0.614. The number of halogens is 1. The molecule has 0 fully saturated rings. The first kappa shape index (κ1) is 13.0. The van der Waals surface area contributed by atoms with Gasteiger partial charge in [-0.25, -0.2) is 14.4 Å². The van der Waals surface area contributed by atoms with Crippen LogP contribution in [0.4, 0.5) is 10.2 Å². The Hall–Kier alpha value is -2.01. The second kappa shape index (κ2) is 5.17. The summed E-state index contributed by atoms with van der Waals surface area (Å²) in [5, 5.41) is 4.39. The predicted octanol–water partition coefficient (Wildman–Crippen LogP) is 4.06. The molecule has 20 heavy (non-hydrogen) atoms. The van der Waals surface area contributed by atoms with E-state index in [1.807, 2.05) is 0 Å². The molecule has 0 bridgehead atoms. The van der Waals surface area contributed by atoms with Crippen molar-refractivity contribution in [1.29, 1.82) is 0 Å². The average Bonchev–Trinajstić information content (AvgIpc) is 2.74. The standard InChI is InChI=1S/C15H14FN3S/c1-9-10(2)20-15-13(9)14(18-8-19-15)17-7-11-3-5-12(16)6-4-11/h3-6,8H,7H2,1-2H3,(H,17,18,19). The first-order valence-electron chi connectivity index (χ1n) is 6.34. The molecular formula is C15H14FN3S. The van der Waals surface area contributed by atoms with E-state index in [1.165, 1.54) is 22.6 Å². The summed E-state index contributed by atoms with van der Waals surface area (Å²) in [4.78, 5) is 10.9. The van der Waals surface area contributed by atoms with Crippen molar-refractivity contribution in [3.8, 4) is 0 Å². The van der Waals surface area contributed by atoms with Gasteiger partial charge in [-0.2, -0.15) is 0 Å².